The second-order valence-electron chi connectivity index (χ2n) is 6.37. The lowest BCUT2D eigenvalue weighted by molar-refractivity contribution is 0.0655. The molecule has 21 heavy (non-hydrogen) atoms. The molecule has 1 aliphatic heterocycles. The van der Waals surface area contributed by atoms with E-state index in [1.807, 2.05) is 4.68 Å². The third kappa shape index (κ3) is 2.55. The number of fused-ring (bicyclic) bond motifs is 1. The van der Waals surface area contributed by atoms with Gasteiger partial charge in [-0.05, 0) is 13.0 Å². The highest BCUT2D eigenvalue weighted by Gasteiger charge is 2.28. The normalized spacial score (nSPS) is 15.1. The maximum atomic E-state index is 12.3. The molecular weight excluding hydrogens is 270 g/mol. The Hall–Kier alpha value is -2.18. The molecule has 0 fully saturated rings. The van der Waals surface area contributed by atoms with Crippen LogP contribution < -0.4 is 0 Å². The average molecular weight is 289 g/mol. The standard InChI is InChI=1S/C14H19N5O2/c1-9-15-12(21-17-9)13(20)18-5-6-19-10(8-18)7-11(16-19)14(2,3)4/h7H,5-6,8H2,1-4H3. The molecule has 0 aromatic carbocycles. The van der Waals surface area contributed by atoms with Crippen molar-refractivity contribution in [1.82, 2.24) is 24.8 Å². The Morgan fingerprint density at radius 2 is 2.10 bits per heavy atom. The zero-order valence-electron chi connectivity index (χ0n) is 12.8. The van der Waals surface area contributed by atoms with Crippen molar-refractivity contribution in [3.63, 3.8) is 0 Å². The van der Waals surface area contributed by atoms with Crippen LogP contribution in [0, 0.1) is 6.92 Å². The van der Waals surface area contributed by atoms with Gasteiger partial charge < -0.3 is 9.42 Å². The highest BCUT2D eigenvalue weighted by atomic mass is 16.5. The smallest absolute Gasteiger partial charge is 0.316 e. The molecule has 0 spiro atoms. The summed E-state index contributed by atoms with van der Waals surface area (Å²) < 4.78 is 6.93. The zero-order chi connectivity index (χ0) is 15.2. The highest BCUT2D eigenvalue weighted by Crippen LogP contribution is 2.24. The van der Waals surface area contributed by atoms with Crippen molar-refractivity contribution in [2.45, 2.75) is 46.2 Å². The predicted molar refractivity (Wildman–Crippen MR) is 74.7 cm³/mol. The predicted octanol–water partition coefficient (Wildman–Crippen LogP) is 1.53. The van der Waals surface area contributed by atoms with Crippen molar-refractivity contribution in [3.8, 4) is 0 Å². The number of carbonyl (C=O) groups is 1. The van der Waals surface area contributed by atoms with Crippen LogP contribution in [0.4, 0.5) is 0 Å². The lowest BCUT2D eigenvalue weighted by Crippen LogP contribution is -2.38. The van der Waals surface area contributed by atoms with E-state index in [2.05, 4.69) is 42.1 Å². The van der Waals surface area contributed by atoms with E-state index in [0.717, 1.165) is 11.4 Å². The van der Waals surface area contributed by atoms with E-state index in [4.69, 9.17) is 4.52 Å². The van der Waals surface area contributed by atoms with E-state index in [1.54, 1.807) is 11.8 Å². The lowest BCUT2D eigenvalue weighted by atomic mass is 9.92. The van der Waals surface area contributed by atoms with Gasteiger partial charge in [-0.2, -0.15) is 10.1 Å². The van der Waals surface area contributed by atoms with Gasteiger partial charge in [0.1, 0.15) is 0 Å². The molecule has 0 saturated carbocycles. The fourth-order valence-corrected chi connectivity index (χ4v) is 2.33. The zero-order valence-corrected chi connectivity index (χ0v) is 12.8. The molecule has 1 amide bonds. The third-order valence-electron chi connectivity index (χ3n) is 3.56. The van der Waals surface area contributed by atoms with Gasteiger partial charge in [-0.15, -0.1) is 0 Å². The number of aromatic nitrogens is 4. The number of amides is 1. The summed E-state index contributed by atoms with van der Waals surface area (Å²) in [6, 6.07) is 2.07. The van der Waals surface area contributed by atoms with E-state index in [1.165, 1.54) is 0 Å². The van der Waals surface area contributed by atoms with Crippen LogP contribution in [0.15, 0.2) is 10.6 Å². The lowest BCUT2D eigenvalue weighted by Gasteiger charge is -2.26. The summed E-state index contributed by atoms with van der Waals surface area (Å²) in [4.78, 5) is 18.0. The molecule has 0 saturated heterocycles. The Bertz CT molecular complexity index is 680. The molecule has 7 heteroatoms. The average Bonchev–Trinajstić information content (AvgIpc) is 3.02. The topological polar surface area (TPSA) is 77.0 Å². The van der Waals surface area contributed by atoms with Crippen LogP contribution in [0.5, 0.6) is 0 Å². The molecular formula is C14H19N5O2. The van der Waals surface area contributed by atoms with Crippen LogP contribution >= 0.6 is 0 Å². The van der Waals surface area contributed by atoms with E-state index in [0.29, 0.717) is 25.5 Å². The molecule has 2 aromatic rings. The quantitative estimate of drug-likeness (QED) is 0.795. The van der Waals surface area contributed by atoms with Gasteiger partial charge in [0.2, 0.25) is 0 Å². The van der Waals surface area contributed by atoms with Crippen LogP contribution in [0.25, 0.3) is 0 Å². The number of rotatable bonds is 1. The molecule has 0 radical (unpaired) electrons. The summed E-state index contributed by atoms with van der Waals surface area (Å²) in [5.74, 6) is 0.298. The van der Waals surface area contributed by atoms with E-state index >= 15 is 0 Å². The molecule has 3 rings (SSSR count). The number of carbonyl (C=O) groups excluding carboxylic acids is 1. The minimum absolute atomic E-state index is 0.00276. The Kier molecular flexibility index (Phi) is 3.07. The van der Waals surface area contributed by atoms with Crippen molar-refractivity contribution >= 4 is 5.91 Å². The van der Waals surface area contributed by atoms with Crippen molar-refractivity contribution < 1.29 is 9.32 Å². The largest absolute Gasteiger partial charge is 0.329 e. The molecule has 1 aliphatic rings. The van der Waals surface area contributed by atoms with Crippen LogP contribution in [0.3, 0.4) is 0 Å². The van der Waals surface area contributed by atoms with Crippen LogP contribution in [0.1, 0.15) is 48.7 Å². The molecule has 0 N–H and O–H groups in total. The first-order valence-electron chi connectivity index (χ1n) is 7.01. The number of hydrogen-bond acceptors (Lipinski definition) is 5. The fraction of sp³-hybridized carbons (Fsp3) is 0.571. The molecule has 7 nitrogen and oxygen atoms in total. The summed E-state index contributed by atoms with van der Waals surface area (Å²) in [6.07, 6.45) is 0. The Morgan fingerprint density at radius 3 is 2.71 bits per heavy atom. The molecule has 112 valence electrons. The first-order chi connectivity index (χ1) is 9.84. The van der Waals surface area contributed by atoms with Crippen LogP contribution in [-0.2, 0) is 18.5 Å². The molecule has 2 aromatic heterocycles. The van der Waals surface area contributed by atoms with E-state index < -0.39 is 0 Å². The van der Waals surface area contributed by atoms with Crippen molar-refractivity contribution in [2.24, 2.45) is 0 Å². The molecule has 0 bridgehead atoms. The SMILES string of the molecule is Cc1noc(C(=O)N2CCn3nc(C(C)(C)C)cc3C2)n1. The highest BCUT2D eigenvalue weighted by molar-refractivity contribution is 5.89. The van der Waals surface area contributed by atoms with Crippen molar-refractivity contribution in [2.75, 3.05) is 6.54 Å². The first kappa shape index (κ1) is 13.8. The Labute approximate surface area is 122 Å². The van der Waals surface area contributed by atoms with Gasteiger partial charge in [-0.25, -0.2) is 0 Å². The Balaban J connectivity index is 1.81. The second kappa shape index (κ2) is 4.68. The van der Waals surface area contributed by atoms with Gasteiger partial charge >= 0.3 is 11.8 Å². The number of nitrogens with zero attached hydrogens (tertiary/aromatic N) is 5. The van der Waals surface area contributed by atoms with Gasteiger partial charge in [-0.1, -0.05) is 25.9 Å². The van der Waals surface area contributed by atoms with Crippen LogP contribution in [-0.4, -0.2) is 37.3 Å². The first-order valence-corrected chi connectivity index (χ1v) is 7.01. The summed E-state index contributed by atoms with van der Waals surface area (Å²) in [6.45, 7) is 9.88. The molecule has 0 aliphatic carbocycles. The minimum atomic E-state index is -0.222. The third-order valence-corrected chi connectivity index (χ3v) is 3.56. The number of hydrogen-bond donors (Lipinski definition) is 0. The van der Waals surface area contributed by atoms with Gasteiger partial charge in [0.05, 0.1) is 24.5 Å². The summed E-state index contributed by atoms with van der Waals surface area (Å²) >= 11 is 0. The minimum Gasteiger partial charge on any atom is -0.329 e. The van der Waals surface area contributed by atoms with Crippen molar-refractivity contribution in [3.05, 3.63) is 29.2 Å². The van der Waals surface area contributed by atoms with Gasteiger partial charge in [0, 0.05) is 12.0 Å². The summed E-state index contributed by atoms with van der Waals surface area (Å²) in [7, 11) is 0. The van der Waals surface area contributed by atoms with Crippen LogP contribution in [0.2, 0.25) is 0 Å². The monoisotopic (exact) mass is 289 g/mol. The van der Waals surface area contributed by atoms with Gasteiger partial charge in [0.15, 0.2) is 5.82 Å². The maximum Gasteiger partial charge on any atom is 0.316 e. The fourth-order valence-electron chi connectivity index (χ4n) is 2.33. The van der Waals surface area contributed by atoms with E-state index in [-0.39, 0.29) is 17.2 Å². The summed E-state index contributed by atoms with van der Waals surface area (Å²) in [5, 5.41) is 8.28. The summed E-state index contributed by atoms with van der Waals surface area (Å²) in [5.41, 5.74) is 2.08. The molecule has 0 unspecified atom stereocenters. The van der Waals surface area contributed by atoms with Gasteiger partial charge in [-0.3, -0.25) is 9.48 Å². The van der Waals surface area contributed by atoms with Gasteiger partial charge in [0.25, 0.3) is 0 Å². The van der Waals surface area contributed by atoms with E-state index in [9.17, 15) is 4.79 Å². The Morgan fingerprint density at radius 1 is 1.33 bits per heavy atom. The second-order valence-corrected chi connectivity index (χ2v) is 6.37. The molecule has 3 heterocycles. The number of aryl methyl sites for hydroxylation is 1. The van der Waals surface area contributed by atoms with Crippen molar-refractivity contribution in [1.29, 1.82) is 0 Å². The molecule has 0 atom stereocenters. The maximum absolute atomic E-state index is 12.3.